The zero-order chi connectivity index (χ0) is 24.5. The quantitative estimate of drug-likeness (QED) is 0.355. The van der Waals surface area contributed by atoms with E-state index in [1.807, 2.05) is 6.92 Å². The first kappa shape index (κ1) is 23.7. The van der Waals surface area contributed by atoms with Gasteiger partial charge in [0.1, 0.15) is 6.54 Å². The minimum Gasteiger partial charge on any atom is -0.490 e. The van der Waals surface area contributed by atoms with E-state index < -0.39 is 21.7 Å². The van der Waals surface area contributed by atoms with Gasteiger partial charge in [0, 0.05) is 11.6 Å². The van der Waals surface area contributed by atoms with Crippen LogP contribution in [0.5, 0.6) is 5.75 Å². The van der Waals surface area contributed by atoms with Crippen LogP contribution in [0.25, 0.3) is 21.2 Å². The predicted molar refractivity (Wildman–Crippen MR) is 127 cm³/mol. The average molecular weight is 503 g/mol. The summed E-state index contributed by atoms with van der Waals surface area (Å²) in [6.45, 7) is 4.00. The van der Waals surface area contributed by atoms with Crippen molar-refractivity contribution in [1.29, 1.82) is 0 Å². The maximum absolute atomic E-state index is 13.0. The lowest BCUT2D eigenvalue weighted by Crippen LogP contribution is -2.23. The van der Waals surface area contributed by atoms with Crippen molar-refractivity contribution >= 4 is 54.2 Å². The molecule has 2 aromatic carbocycles. The number of hydrogen-bond acceptors (Lipinski definition) is 8. The first-order valence-corrected chi connectivity index (χ1v) is 13.2. The Hall–Kier alpha value is -3.44. The molecular formula is C23H22N2O7S2. The van der Waals surface area contributed by atoms with E-state index >= 15 is 0 Å². The number of benzene rings is 2. The molecule has 0 aliphatic rings. The van der Waals surface area contributed by atoms with E-state index in [9.17, 15) is 18.0 Å². The van der Waals surface area contributed by atoms with Gasteiger partial charge in [-0.2, -0.15) is 4.99 Å². The molecule has 4 aromatic rings. The molecule has 0 saturated heterocycles. The summed E-state index contributed by atoms with van der Waals surface area (Å²) in [5.41, 5.74) is 0.997. The highest BCUT2D eigenvalue weighted by Crippen LogP contribution is 2.29. The molecule has 0 spiro atoms. The van der Waals surface area contributed by atoms with Crippen molar-refractivity contribution in [3.63, 3.8) is 0 Å². The third-order valence-electron chi connectivity index (χ3n) is 4.89. The molecule has 1 amide bonds. The molecule has 0 bridgehead atoms. The van der Waals surface area contributed by atoms with E-state index in [1.54, 1.807) is 37.3 Å². The lowest BCUT2D eigenvalue weighted by Gasteiger charge is -2.05. The van der Waals surface area contributed by atoms with E-state index in [1.165, 1.54) is 16.7 Å². The van der Waals surface area contributed by atoms with Gasteiger partial charge in [-0.15, -0.1) is 0 Å². The standard InChI is InChI=1S/C23H22N2O7S2/c1-4-30-17-8-6-7-14-11-18(32-21(14)17)22(27)24-23-25(13-20(26)31-5-2)16-10-9-15(34(3,28)29)12-19(16)33-23/h6-12H,4-5,13H2,1-3H3. The van der Waals surface area contributed by atoms with Crippen LogP contribution in [-0.2, 0) is 25.9 Å². The smallest absolute Gasteiger partial charge is 0.326 e. The van der Waals surface area contributed by atoms with Crippen LogP contribution < -0.4 is 9.54 Å². The molecule has 0 unspecified atom stereocenters. The molecular weight excluding hydrogens is 480 g/mol. The van der Waals surface area contributed by atoms with Crippen molar-refractivity contribution in [2.24, 2.45) is 4.99 Å². The van der Waals surface area contributed by atoms with Gasteiger partial charge in [0.25, 0.3) is 0 Å². The molecule has 2 heterocycles. The third kappa shape index (κ3) is 4.75. The molecule has 9 nitrogen and oxygen atoms in total. The second-order valence-electron chi connectivity index (χ2n) is 7.31. The van der Waals surface area contributed by atoms with E-state index in [2.05, 4.69) is 4.99 Å². The lowest BCUT2D eigenvalue weighted by atomic mass is 10.2. The molecule has 0 saturated carbocycles. The fraction of sp³-hybridized carbons (Fsp3) is 0.261. The normalized spacial score (nSPS) is 12.4. The number of sulfone groups is 1. The van der Waals surface area contributed by atoms with Crippen LogP contribution in [0.1, 0.15) is 24.4 Å². The van der Waals surface area contributed by atoms with Crippen LogP contribution in [0, 0.1) is 0 Å². The van der Waals surface area contributed by atoms with Gasteiger partial charge in [0.15, 0.2) is 31.7 Å². The van der Waals surface area contributed by atoms with Gasteiger partial charge in [-0.1, -0.05) is 23.5 Å². The number of para-hydroxylation sites is 1. The van der Waals surface area contributed by atoms with Gasteiger partial charge in [-0.3, -0.25) is 9.59 Å². The highest BCUT2D eigenvalue weighted by atomic mass is 32.2. The summed E-state index contributed by atoms with van der Waals surface area (Å²) < 4.78 is 42.4. The molecule has 0 atom stereocenters. The predicted octanol–water partition coefficient (Wildman–Crippen LogP) is 3.56. The topological polar surface area (TPSA) is 117 Å². The Bertz CT molecular complexity index is 1580. The summed E-state index contributed by atoms with van der Waals surface area (Å²) in [6, 6.07) is 11.5. The van der Waals surface area contributed by atoms with Crippen LogP contribution in [0.4, 0.5) is 0 Å². The van der Waals surface area contributed by atoms with Gasteiger partial charge in [0.2, 0.25) is 0 Å². The minimum absolute atomic E-state index is 0.0131. The number of thiazole rings is 1. The fourth-order valence-electron chi connectivity index (χ4n) is 3.41. The Kier molecular flexibility index (Phi) is 6.58. The van der Waals surface area contributed by atoms with Crippen LogP contribution in [0.2, 0.25) is 0 Å². The molecule has 4 rings (SSSR count). The molecule has 11 heteroatoms. The number of carbonyl (C=O) groups excluding carboxylic acids is 2. The van der Waals surface area contributed by atoms with Crippen molar-refractivity contribution < 1.29 is 31.9 Å². The highest BCUT2D eigenvalue weighted by molar-refractivity contribution is 7.90. The number of aromatic nitrogens is 1. The Morgan fingerprint density at radius 1 is 1.12 bits per heavy atom. The van der Waals surface area contributed by atoms with Crippen LogP contribution in [0.3, 0.4) is 0 Å². The molecule has 178 valence electrons. The van der Waals surface area contributed by atoms with Gasteiger partial charge in [-0.05, 0) is 44.2 Å². The molecule has 34 heavy (non-hydrogen) atoms. The van der Waals surface area contributed by atoms with Crippen molar-refractivity contribution in [3.05, 3.63) is 53.0 Å². The Morgan fingerprint density at radius 3 is 2.62 bits per heavy atom. The largest absolute Gasteiger partial charge is 0.490 e. The second kappa shape index (κ2) is 9.43. The number of fused-ring (bicyclic) bond motifs is 2. The third-order valence-corrected chi connectivity index (χ3v) is 7.04. The Labute approximate surface area is 199 Å². The lowest BCUT2D eigenvalue weighted by molar-refractivity contribution is -0.143. The number of amides is 1. The monoisotopic (exact) mass is 502 g/mol. The van der Waals surface area contributed by atoms with Crippen LogP contribution >= 0.6 is 11.3 Å². The molecule has 2 aromatic heterocycles. The summed E-state index contributed by atoms with van der Waals surface area (Å²) in [7, 11) is -3.44. The number of furan rings is 1. The highest BCUT2D eigenvalue weighted by Gasteiger charge is 2.18. The van der Waals surface area contributed by atoms with E-state index in [4.69, 9.17) is 13.9 Å². The summed E-state index contributed by atoms with van der Waals surface area (Å²) in [4.78, 5) is 29.7. The SMILES string of the molecule is CCOC(=O)Cn1c(=NC(=O)c2cc3cccc(OCC)c3o2)sc2cc(S(C)(=O)=O)ccc21. The average Bonchev–Trinajstić information content (AvgIpc) is 3.36. The van der Waals surface area contributed by atoms with E-state index in [-0.39, 0.29) is 28.6 Å². The number of carbonyl (C=O) groups is 2. The molecule has 0 N–H and O–H groups in total. The van der Waals surface area contributed by atoms with E-state index in [0.717, 1.165) is 17.6 Å². The zero-order valence-electron chi connectivity index (χ0n) is 18.7. The summed E-state index contributed by atoms with van der Waals surface area (Å²) in [5, 5.41) is 0.693. The van der Waals surface area contributed by atoms with Gasteiger partial charge < -0.3 is 18.5 Å². The van der Waals surface area contributed by atoms with Crippen molar-refractivity contribution in [1.82, 2.24) is 4.57 Å². The molecule has 0 aliphatic carbocycles. The molecule has 0 fully saturated rings. The molecule has 0 aliphatic heterocycles. The van der Waals surface area contributed by atoms with Gasteiger partial charge >= 0.3 is 11.9 Å². The van der Waals surface area contributed by atoms with Crippen LogP contribution in [-0.4, -0.2) is 44.3 Å². The number of nitrogens with zero attached hydrogens (tertiary/aromatic N) is 2. The van der Waals surface area contributed by atoms with Crippen LogP contribution in [0.15, 0.2) is 56.8 Å². The van der Waals surface area contributed by atoms with Gasteiger partial charge in [-0.25, -0.2) is 8.42 Å². The summed E-state index contributed by atoms with van der Waals surface area (Å²) in [5.74, 6) is -0.620. The van der Waals surface area contributed by atoms with Crippen molar-refractivity contribution in [2.75, 3.05) is 19.5 Å². The fourth-order valence-corrected chi connectivity index (χ4v) is 5.20. The Morgan fingerprint density at radius 2 is 1.91 bits per heavy atom. The second-order valence-corrected chi connectivity index (χ2v) is 10.3. The minimum atomic E-state index is -3.44. The first-order valence-electron chi connectivity index (χ1n) is 10.4. The van der Waals surface area contributed by atoms with Crippen molar-refractivity contribution in [2.45, 2.75) is 25.3 Å². The van der Waals surface area contributed by atoms with E-state index in [0.29, 0.717) is 33.5 Å². The molecule has 0 radical (unpaired) electrons. The Balaban J connectivity index is 1.83. The number of ether oxygens (including phenoxy) is 2. The maximum atomic E-state index is 13.0. The summed E-state index contributed by atoms with van der Waals surface area (Å²) >= 11 is 1.09. The first-order chi connectivity index (χ1) is 16.2. The number of hydrogen-bond donors (Lipinski definition) is 0. The van der Waals surface area contributed by atoms with Gasteiger partial charge in [0.05, 0.1) is 28.3 Å². The van der Waals surface area contributed by atoms with Crippen molar-refractivity contribution in [3.8, 4) is 5.75 Å². The number of rotatable bonds is 7. The summed E-state index contributed by atoms with van der Waals surface area (Å²) in [6.07, 6.45) is 1.11. The number of esters is 1. The maximum Gasteiger partial charge on any atom is 0.326 e. The zero-order valence-corrected chi connectivity index (χ0v) is 20.4.